The Hall–Kier alpha value is -1.27. The van der Waals surface area contributed by atoms with Crippen LogP contribution in [0.3, 0.4) is 0 Å². The van der Waals surface area contributed by atoms with Crippen LogP contribution in [-0.4, -0.2) is 29.6 Å². The van der Waals surface area contributed by atoms with Gasteiger partial charge in [0.25, 0.3) is 0 Å². The van der Waals surface area contributed by atoms with Crippen molar-refractivity contribution in [3.05, 3.63) is 47.6 Å². The number of halogens is 2. The molecule has 3 nitrogen and oxygen atoms in total. The molecule has 3 saturated carbocycles. The van der Waals surface area contributed by atoms with Gasteiger partial charge in [-0.1, -0.05) is 49.8 Å². The van der Waals surface area contributed by atoms with Crippen molar-refractivity contribution < 1.29 is 22.3 Å². The summed E-state index contributed by atoms with van der Waals surface area (Å²) in [6, 6.07) is 0. The third-order valence-corrected chi connectivity index (χ3v) is 11.1. The molecule has 34 heavy (non-hydrogen) atoms. The first-order chi connectivity index (χ1) is 15.6. The van der Waals surface area contributed by atoms with E-state index >= 15 is 0 Å². The normalized spacial score (nSPS) is 34.7. The summed E-state index contributed by atoms with van der Waals surface area (Å²) in [6.07, 6.45) is 13.5. The third kappa shape index (κ3) is 5.13. The van der Waals surface area contributed by atoms with E-state index < -0.39 is 19.8 Å². The molecular formula is C28H42F2O3S. The van der Waals surface area contributed by atoms with Crippen molar-refractivity contribution in [2.75, 3.05) is 0 Å². The average molecular weight is 497 g/mol. The van der Waals surface area contributed by atoms with Crippen LogP contribution in [0.4, 0.5) is 8.78 Å². The van der Waals surface area contributed by atoms with Crippen molar-refractivity contribution in [3.63, 3.8) is 0 Å². The van der Waals surface area contributed by atoms with Gasteiger partial charge >= 0.3 is 5.25 Å². The maximum Gasteiger partial charge on any atom is 0.364 e. The molecule has 0 aromatic carbocycles. The summed E-state index contributed by atoms with van der Waals surface area (Å²) in [4.78, 5) is 0. The molecule has 3 rings (SSSR count). The number of alkyl halides is 2. The maximum absolute atomic E-state index is 14.7. The highest BCUT2D eigenvalue weighted by molar-refractivity contribution is 7.93. The highest BCUT2D eigenvalue weighted by Gasteiger charge is 2.52. The molecule has 0 bridgehead atoms. The summed E-state index contributed by atoms with van der Waals surface area (Å²) >= 11 is 0. The number of sulfone groups is 1. The van der Waals surface area contributed by atoms with Gasteiger partial charge in [0.1, 0.15) is 0 Å². The maximum atomic E-state index is 14.7. The van der Waals surface area contributed by atoms with Gasteiger partial charge in [0.15, 0.2) is 0 Å². The number of aliphatic hydroxyl groups is 1. The Balaban J connectivity index is 1.79. The smallest absolute Gasteiger partial charge is 0.364 e. The first-order valence-electron chi connectivity index (χ1n) is 12.7. The predicted octanol–water partition coefficient (Wildman–Crippen LogP) is 7.16. The van der Waals surface area contributed by atoms with E-state index in [2.05, 4.69) is 25.7 Å². The van der Waals surface area contributed by atoms with Crippen LogP contribution < -0.4 is 0 Å². The Bertz CT molecular complexity index is 984. The lowest BCUT2D eigenvalue weighted by molar-refractivity contribution is 0.109. The summed E-state index contributed by atoms with van der Waals surface area (Å²) < 4.78 is 52.5. The SMILES string of the molecule is C=C1CCC(O)C/C1=C/C=C1\CCCC2(C)C(C(C)/C=C/C(F)(F)S(=O)(=O)C(C)(C)C)CC[C@@H]12. The van der Waals surface area contributed by atoms with Gasteiger partial charge in [-0.15, -0.1) is 0 Å². The van der Waals surface area contributed by atoms with E-state index in [1.165, 1.54) is 32.4 Å². The molecule has 0 aliphatic heterocycles. The Labute approximate surface area is 205 Å². The molecule has 0 radical (unpaired) electrons. The molecule has 0 saturated heterocycles. The molecule has 3 aliphatic rings. The van der Waals surface area contributed by atoms with E-state index in [1.807, 2.05) is 6.92 Å². The Morgan fingerprint density at radius 2 is 1.82 bits per heavy atom. The van der Waals surface area contributed by atoms with Crippen LogP contribution >= 0.6 is 0 Å². The van der Waals surface area contributed by atoms with E-state index in [0.717, 1.165) is 56.1 Å². The van der Waals surface area contributed by atoms with Gasteiger partial charge in [-0.05, 0) is 107 Å². The zero-order valence-corrected chi connectivity index (χ0v) is 22.2. The molecule has 0 aromatic rings. The molecule has 4 unspecified atom stereocenters. The highest BCUT2D eigenvalue weighted by atomic mass is 32.2. The zero-order chi connectivity index (χ0) is 25.5. The molecule has 0 spiro atoms. The van der Waals surface area contributed by atoms with E-state index in [1.54, 1.807) is 0 Å². The lowest BCUT2D eigenvalue weighted by Crippen LogP contribution is -2.41. The van der Waals surface area contributed by atoms with E-state index in [4.69, 9.17) is 0 Å². The molecule has 0 amide bonds. The monoisotopic (exact) mass is 496 g/mol. The van der Waals surface area contributed by atoms with Crippen molar-refractivity contribution in [1.29, 1.82) is 0 Å². The quantitative estimate of drug-likeness (QED) is 0.411. The highest BCUT2D eigenvalue weighted by Crippen LogP contribution is 2.59. The van der Waals surface area contributed by atoms with Gasteiger partial charge in [0, 0.05) is 0 Å². The van der Waals surface area contributed by atoms with Crippen LogP contribution in [0.25, 0.3) is 0 Å². The largest absolute Gasteiger partial charge is 0.393 e. The van der Waals surface area contributed by atoms with Gasteiger partial charge in [-0.3, -0.25) is 0 Å². The molecule has 0 heterocycles. The van der Waals surface area contributed by atoms with Gasteiger partial charge < -0.3 is 5.11 Å². The van der Waals surface area contributed by atoms with Gasteiger partial charge in [-0.25, -0.2) is 8.42 Å². The van der Waals surface area contributed by atoms with Crippen molar-refractivity contribution in [1.82, 2.24) is 0 Å². The van der Waals surface area contributed by atoms with Crippen LogP contribution in [0.5, 0.6) is 0 Å². The van der Waals surface area contributed by atoms with Crippen molar-refractivity contribution >= 4 is 9.84 Å². The first kappa shape index (κ1) is 27.3. The second kappa shape index (κ2) is 9.65. The summed E-state index contributed by atoms with van der Waals surface area (Å²) in [6.45, 7) is 12.3. The van der Waals surface area contributed by atoms with Crippen LogP contribution in [0.1, 0.15) is 86.0 Å². The first-order valence-corrected chi connectivity index (χ1v) is 14.2. The van der Waals surface area contributed by atoms with Gasteiger partial charge in [0.05, 0.1) is 10.9 Å². The molecule has 5 atom stereocenters. The number of hydrogen-bond acceptors (Lipinski definition) is 3. The minimum Gasteiger partial charge on any atom is -0.393 e. The van der Waals surface area contributed by atoms with Crippen LogP contribution in [0.15, 0.2) is 47.6 Å². The van der Waals surface area contributed by atoms with Gasteiger partial charge in [-0.2, -0.15) is 8.78 Å². The number of rotatable bonds is 5. The summed E-state index contributed by atoms with van der Waals surface area (Å²) in [5, 5.41) is 6.14. The fourth-order valence-corrected chi connectivity index (χ4v) is 7.51. The zero-order valence-electron chi connectivity index (χ0n) is 21.4. The number of allylic oxidation sites excluding steroid dienone is 5. The summed E-state index contributed by atoms with van der Waals surface area (Å²) in [7, 11) is -4.63. The molecule has 3 aliphatic carbocycles. The van der Waals surface area contributed by atoms with Crippen molar-refractivity contribution in [3.8, 4) is 0 Å². The van der Waals surface area contributed by atoms with E-state index in [-0.39, 0.29) is 23.4 Å². The van der Waals surface area contributed by atoms with Crippen LogP contribution in [0, 0.1) is 23.2 Å². The van der Waals surface area contributed by atoms with Crippen LogP contribution in [0.2, 0.25) is 0 Å². The number of hydrogen-bond donors (Lipinski definition) is 1. The Kier molecular flexibility index (Phi) is 7.75. The summed E-state index contributed by atoms with van der Waals surface area (Å²) in [5.74, 6) is 0.492. The van der Waals surface area contributed by atoms with Gasteiger partial charge in [0.2, 0.25) is 9.84 Å². The molecule has 3 fully saturated rings. The molecule has 0 aromatic heterocycles. The summed E-state index contributed by atoms with van der Waals surface area (Å²) in [5.41, 5.74) is 3.66. The minimum absolute atomic E-state index is 0.00756. The van der Waals surface area contributed by atoms with Crippen LogP contribution in [-0.2, 0) is 9.84 Å². The molecule has 1 N–H and O–H groups in total. The van der Waals surface area contributed by atoms with E-state index in [9.17, 15) is 22.3 Å². The topological polar surface area (TPSA) is 54.4 Å². The molecule has 192 valence electrons. The Morgan fingerprint density at radius 3 is 2.47 bits per heavy atom. The fourth-order valence-electron chi connectivity index (χ4n) is 6.43. The average Bonchev–Trinajstić information content (AvgIpc) is 3.09. The second-order valence-electron chi connectivity index (χ2n) is 11.9. The number of aliphatic hydroxyl groups excluding tert-OH is 1. The van der Waals surface area contributed by atoms with E-state index in [0.29, 0.717) is 18.4 Å². The second-order valence-corrected chi connectivity index (χ2v) is 14.7. The Morgan fingerprint density at radius 1 is 1.15 bits per heavy atom. The fraction of sp³-hybridized carbons (Fsp3) is 0.714. The standard InChI is InChI=1S/C28H42F2O3S/c1-19-9-12-23(31)18-22(19)11-10-21-8-7-16-27(6)24(13-14-25(21)27)20(2)15-17-28(29,30)34(32,33)26(3,4)5/h10-11,15,17,20,23-25,31H,1,7-9,12-14,16,18H2,2-6H3/b17-15+,21-10+,22-11-/t20?,23?,24?,25-,27?/m0/s1. The number of fused-ring (bicyclic) bond motifs is 1. The lowest BCUT2D eigenvalue weighted by Gasteiger charge is -2.44. The van der Waals surface area contributed by atoms with Crippen molar-refractivity contribution in [2.24, 2.45) is 23.2 Å². The minimum atomic E-state index is -4.63. The third-order valence-electron chi connectivity index (χ3n) is 8.62. The molecule has 6 heteroatoms. The molecular weight excluding hydrogens is 454 g/mol. The predicted molar refractivity (Wildman–Crippen MR) is 135 cm³/mol. The lowest BCUT2D eigenvalue weighted by atomic mass is 9.61. The van der Waals surface area contributed by atoms with Crippen molar-refractivity contribution in [2.45, 2.75) is 102 Å².